The van der Waals surface area contributed by atoms with Gasteiger partial charge >= 0.3 is 0 Å². The molecule has 4 N–H and O–H groups in total. The molecule has 0 heterocycles. The van der Waals surface area contributed by atoms with Crippen molar-refractivity contribution in [3.05, 3.63) is 71.8 Å². The maximum atomic E-state index is 9.45. The lowest BCUT2D eigenvalue weighted by molar-refractivity contribution is 0.282. The fraction of sp³-hybridized carbons (Fsp3) is 0.0556. The van der Waals surface area contributed by atoms with Crippen molar-refractivity contribution in [1.82, 2.24) is 0 Å². The van der Waals surface area contributed by atoms with E-state index in [0.29, 0.717) is 0 Å². The van der Waals surface area contributed by atoms with Gasteiger partial charge in [0.15, 0.2) is 0 Å². The minimum Gasteiger partial charge on any atom is -0.392 e. The molecule has 0 aliphatic carbocycles. The van der Waals surface area contributed by atoms with Gasteiger partial charge in [-0.3, -0.25) is 5.41 Å². The van der Waals surface area contributed by atoms with Gasteiger partial charge in [0.2, 0.25) is 0 Å². The summed E-state index contributed by atoms with van der Waals surface area (Å²) < 4.78 is 0. The monoisotopic (exact) mass is 276 g/mol. The van der Waals surface area contributed by atoms with E-state index in [9.17, 15) is 5.11 Å². The van der Waals surface area contributed by atoms with E-state index in [1.54, 1.807) is 0 Å². The fourth-order valence-corrected chi connectivity index (χ4v) is 2.52. The van der Waals surface area contributed by atoms with Crippen LogP contribution in [0.4, 0.5) is 0 Å². The van der Waals surface area contributed by atoms with Crippen LogP contribution in [0.1, 0.15) is 11.1 Å². The Morgan fingerprint density at radius 3 is 2.43 bits per heavy atom. The van der Waals surface area contributed by atoms with Crippen LogP contribution < -0.4 is 5.73 Å². The molecule has 0 saturated carbocycles. The Morgan fingerprint density at radius 1 is 0.952 bits per heavy atom. The van der Waals surface area contributed by atoms with Crippen molar-refractivity contribution < 1.29 is 5.11 Å². The molecular weight excluding hydrogens is 260 g/mol. The molecule has 0 unspecified atom stereocenters. The van der Waals surface area contributed by atoms with Crippen molar-refractivity contribution >= 4 is 16.6 Å². The smallest absolute Gasteiger partial charge is 0.122 e. The topological polar surface area (TPSA) is 70.1 Å². The van der Waals surface area contributed by atoms with Crippen LogP contribution >= 0.6 is 0 Å². The van der Waals surface area contributed by atoms with E-state index in [1.807, 2.05) is 54.6 Å². The molecule has 3 rings (SSSR count). The quantitative estimate of drug-likeness (QED) is 0.507. The number of hydrogen-bond donors (Lipinski definition) is 3. The third kappa shape index (κ3) is 2.51. The van der Waals surface area contributed by atoms with Gasteiger partial charge in [0.25, 0.3) is 0 Å². The van der Waals surface area contributed by atoms with Gasteiger partial charge in [0, 0.05) is 5.56 Å². The lowest BCUT2D eigenvalue weighted by Gasteiger charge is -2.09. The zero-order valence-electron chi connectivity index (χ0n) is 11.5. The van der Waals surface area contributed by atoms with E-state index < -0.39 is 0 Å². The van der Waals surface area contributed by atoms with Gasteiger partial charge in [0.1, 0.15) is 5.84 Å². The van der Waals surface area contributed by atoms with E-state index in [0.717, 1.165) is 33.0 Å². The molecule has 0 radical (unpaired) electrons. The highest BCUT2D eigenvalue weighted by molar-refractivity contribution is 5.99. The molecule has 0 aromatic heterocycles. The molecule has 0 saturated heterocycles. The zero-order valence-corrected chi connectivity index (χ0v) is 11.5. The Labute approximate surface area is 123 Å². The maximum Gasteiger partial charge on any atom is 0.122 e. The van der Waals surface area contributed by atoms with Crippen molar-refractivity contribution in [2.75, 3.05) is 0 Å². The number of nitrogens with two attached hydrogens (primary N) is 1. The number of aliphatic hydroxyl groups is 1. The Kier molecular flexibility index (Phi) is 3.42. The van der Waals surface area contributed by atoms with Gasteiger partial charge in [-0.1, -0.05) is 48.5 Å². The molecule has 0 atom stereocenters. The van der Waals surface area contributed by atoms with E-state index >= 15 is 0 Å². The number of fused-ring (bicyclic) bond motifs is 1. The molecule has 0 spiro atoms. The molecule has 0 bridgehead atoms. The molecule has 3 nitrogen and oxygen atoms in total. The number of nitrogen functional groups attached to an aromatic ring is 1. The zero-order chi connectivity index (χ0) is 14.8. The van der Waals surface area contributed by atoms with Gasteiger partial charge < -0.3 is 10.8 Å². The normalized spacial score (nSPS) is 10.7. The number of rotatable bonds is 3. The summed E-state index contributed by atoms with van der Waals surface area (Å²) in [6, 6.07) is 19.7. The highest BCUT2D eigenvalue weighted by Gasteiger charge is 2.05. The molecule has 3 heteroatoms. The van der Waals surface area contributed by atoms with Crippen molar-refractivity contribution in [1.29, 1.82) is 5.41 Å². The van der Waals surface area contributed by atoms with Crippen LogP contribution in [0.25, 0.3) is 21.9 Å². The third-order valence-corrected chi connectivity index (χ3v) is 3.65. The molecule has 0 fully saturated rings. The number of benzene rings is 3. The number of aliphatic hydroxyl groups excluding tert-OH is 1. The summed E-state index contributed by atoms with van der Waals surface area (Å²) in [6.07, 6.45) is 0. The van der Waals surface area contributed by atoms with Crippen LogP contribution in [0, 0.1) is 5.41 Å². The highest BCUT2D eigenvalue weighted by Crippen LogP contribution is 2.27. The summed E-state index contributed by atoms with van der Waals surface area (Å²) in [4.78, 5) is 0. The third-order valence-electron chi connectivity index (χ3n) is 3.65. The summed E-state index contributed by atoms with van der Waals surface area (Å²) in [5, 5.41) is 19.1. The Bertz CT molecular complexity index is 824. The predicted octanol–water partition coefficient (Wildman–Crippen LogP) is 3.28. The molecular formula is C18H16N2O. The molecule has 104 valence electrons. The maximum absolute atomic E-state index is 9.45. The first-order chi connectivity index (χ1) is 10.2. The molecule has 0 aliphatic rings. The standard InChI is InChI=1S/C18H16N2O/c19-18(20)15-8-6-12-9-14(7-5-13(12)10-15)17-4-2-1-3-16(17)11-21/h1-10,21H,11H2,(H3,19,20). The molecule has 3 aromatic rings. The van der Waals surface area contributed by atoms with E-state index in [-0.39, 0.29) is 12.4 Å². The Morgan fingerprint density at radius 2 is 1.67 bits per heavy atom. The first-order valence-corrected chi connectivity index (χ1v) is 6.76. The van der Waals surface area contributed by atoms with Crippen LogP contribution in [-0.4, -0.2) is 10.9 Å². The van der Waals surface area contributed by atoms with Gasteiger partial charge in [-0.15, -0.1) is 0 Å². The van der Waals surface area contributed by atoms with Gasteiger partial charge in [-0.05, 0) is 39.6 Å². The average molecular weight is 276 g/mol. The van der Waals surface area contributed by atoms with Crippen LogP contribution in [0.5, 0.6) is 0 Å². The van der Waals surface area contributed by atoms with Crippen LogP contribution in [-0.2, 0) is 6.61 Å². The van der Waals surface area contributed by atoms with Crippen molar-refractivity contribution in [3.63, 3.8) is 0 Å². The molecule has 21 heavy (non-hydrogen) atoms. The van der Waals surface area contributed by atoms with Gasteiger partial charge in [0.05, 0.1) is 6.61 Å². The number of nitrogens with one attached hydrogen (secondary N) is 1. The van der Waals surface area contributed by atoms with E-state index in [2.05, 4.69) is 6.07 Å². The summed E-state index contributed by atoms with van der Waals surface area (Å²) in [6.45, 7) is 0.0253. The summed E-state index contributed by atoms with van der Waals surface area (Å²) in [5.41, 5.74) is 9.27. The second-order valence-corrected chi connectivity index (χ2v) is 5.01. The minimum absolute atomic E-state index is 0.0253. The van der Waals surface area contributed by atoms with Gasteiger partial charge in [-0.25, -0.2) is 0 Å². The molecule has 0 aliphatic heterocycles. The molecule has 0 amide bonds. The number of hydrogen-bond acceptors (Lipinski definition) is 2. The fourth-order valence-electron chi connectivity index (χ4n) is 2.52. The predicted molar refractivity (Wildman–Crippen MR) is 86.3 cm³/mol. The minimum atomic E-state index is 0.0253. The second kappa shape index (κ2) is 5.38. The van der Waals surface area contributed by atoms with Crippen LogP contribution in [0.2, 0.25) is 0 Å². The van der Waals surface area contributed by atoms with Crippen LogP contribution in [0.3, 0.4) is 0 Å². The van der Waals surface area contributed by atoms with Crippen molar-refractivity contribution in [3.8, 4) is 11.1 Å². The van der Waals surface area contributed by atoms with E-state index in [1.165, 1.54) is 0 Å². The van der Waals surface area contributed by atoms with E-state index in [4.69, 9.17) is 11.1 Å². The Hall–Kier alpha value is -2.65. The second-order valence-electron chi connectivity index (χ2n) is 5.01. The first-order valence-electron chi connectivity index (χ1n) is 6.76. The lowest BCUT2D eigenvalue weighted by atomic mass is 9.96. The average Bonchev–Trinajstić information content (AvgIpc) is 2.53. The summed E-state index contributed by atoms with van der Waals surface area (Å²) >= 11 is 0. The lowest BCUT2D eigenvalue weighted by Crippen LogP contribution is -2.10. The number of amidine groups is 1. The van der Waals surface area contributed by atoms with Crippen LogP contribution in [0.15, 0.2) is 60.7 Å². The summed E-state index contributed by atoms with van der Waals surface area (Å²) in [7, 11) is 0. The first kappa shape index (κ1) is 13.3. The summed E-state index contributed by atoms with van der Waals surface area (Å²) in [5.74, 6) is 0.0756. The van der Waals surface area contributed by atoms with Crippen molar-refractivity contribution in [2.45, 2.75) is 6.61 Å². The highest BCUT2D eigenvalue weighted by atomic mass is 16.3. The SMILES string of the molecule is N=C(N)c1ccc2cc(-c3ccccc3CO)ccc2c1. The Balaban J connectivity index is 2.13. The van der Waals surface area contributed by atoms with Gasteiger partial charge in [-0.2, -0.15) is 0 Å². The van der Waals surface area contributed by atoms with Crippen molar-refractivity contribution in [2.24, 2.45) is 5.73 Å². The largest absolute Gasteiger partial charge is 0.392 e. The molecule has 3 aromatic carbocycles.